The molecule has 1 unspecified atom stereocenters. The van der Waals surface area contributed by atoms with Crippen molar-refractivity contribution in [2.75, 3.05) is 39.8 Å². The Labute approximate surface area is 187 Å². The average Bonchev–Trinajstić information content (AvgIpc) is 2.65. The fourth-order valence-corrected chi connectivity index (χ4v) is 3.17. The van der Waals surface area contributed by atoms with Gasteiger partial charge < -0.3 is 25.4 Å². The molecular weight excluding hydrogens is 467 g/mol. The van der Waals surface area contributed by atoms with Crippen LogP contribution in [0.4, 0.5) is 0 Å². The number of piperidine rings is 1. The van der Waals surface area contributed by atoms with Gasteiger partial charge >= 0.3 is 0 Å². The van der Waals surface area contributed by atoms with Crippen molar-refractivity contribution in [1.82, 2.24) is 15.5 Å². The minimum atomic E-state index is -0.628. The Morgan fingerprint density at radius 1 is 1.21 bits per heavy atom. The van der Waals surface area contributed by atoms with Gasteiger partial charge in [-0.15, -0.1) is 24.0 Å². The third-order valence-electron chi connectivity index (χ3n) is 4.80. The summed E-state index contributed by atoms with van der Waals surface area (Å²) in [5.74, 6) is 2.27. The van der Waals surface area contributed by atoms with Crippen LogP contribution in [0.5, 0.6) is 5.75 Å². The first kappa shape index (κ1) is 25.0. The summed E-state index contributed by atoms with van der Waals surface area (Å²) in [5.41, 5.74) is 0.848. The van der Waals surface area contributed by atoms with Crippen LogP contribution in [0.2, 0.25) is 0 Å². The number of likely N-dealkylation sites (tertiary alicyclic amines) is 1. The molecule has 7 heteroatoms. The zero-order chi connectivity index (χ0) is 19.6. The number of rotatable bonds is 8. The highest BCUT2D eigenvalue weighted by atomic mass is 127. The summed E-state index contributed by atoms with van der Waals surface area (Å²) in [5, 5.41) is 17.1. The van der Waals surface area contributed by atoms with Crippen molar-refractivity contribution in [1.29, 1.82) is 0 Å². The van der Waals surface area contributed by atoms with Crippen LogP contribution in [0.1, 0.15) is 45.3 Å². The Morgan fingerprint density at radius 2 is 1.86 bits per heavy atom. The number of halogens is 1. The molecule has 0 radical (unpaired) electrons. The molecule has 0 aliphatic carbocycles. The number of aliphatic hydroxyl groups is 1. The molecule has 1 saturated heterocycles. The van der Waals surface area contributed by atoms with Crippen molar-refractivity contribution >= 4 is 29.9 Å². The van der Waals surface area contributed by atoms with Crippen molar-refractivity contribution in [3.8, 4) is 5.75 Å². The Balaban J connectivity index is 0.00000392. The number of guanidine groups is 1. The molecule has 0 aromatic heterocycles. The number of hydrogen-bond acceptors (Lipinski definition) is 4. The smallest absolute Gasteiger partial charge is 0.191 e. The second-order valence-electron chi connectivity index (χ2n) is 7.60. The van der Waals surface area contributed by atoms with Gasteiger partial charge in [-0.1, -0.05) is 12.1 Å². The number of benzene rings is 1. The van der Waals surface area contributed by atoms with E-state index in [9.17, 15) is 5.11 Å². The summed E-state index contributed by atoms with van der Waals surface area (Å²) in [4.78, 5) is 6.94. The number of ether oxygens (including phenoxy) is 1. The van der Waals surface area contributed by atoms with Gasteiger partial charge in [0.05, 0.1) is 18.8 Å². The maximum Gasteiger partial charge on any atom is 0.191 e. The number of nitrogens with zero attached hydrogens (tertiary/aromatic N) is 2. The average molecular weight is 504 g/mol. The first-order valence-corrected chi connectivity index (χ1v) is 10.1. The van der Waals surface area contributed by atoms with Gasteiger partial charge in [-0.2, -0.15) is 0 Å². The van der Waals surface area contributed by atoms with E-state index in [-0.39, 0.29) is 30.1 Å². The Hall–Kier alpha value is -1.06. The second-order valence-corrected chi connectivity index (χ2v) is 7.60. The van der Waals surface area contributed by atoms with Gasteiger partial charge in [-0.25, -0.2) is 0 Å². The monoisotopic (exact) mass is 504 g/mol. The maximum atomic E-state index is 10.4. The number of nitrogens with one attached hydrogen (secondary N) is 2. The molecule has 1 atom stereocenters. The minimum Gasteiger partial charge on any atom is -0.491 e. The van der Waals surface area contributed by atoms with E-state index < -0.39 is 6.10 Å². The van der Waals surface area contributed by atoms with Crippen molar-refractivity contribution in [3.63, 3.8) is 0 Å². The third kappa shape index (κ3) is 8.96. The highest BCUT2D eigenvalue weighted by Crippen LogP contribution is 2.19. The first-order valence-electron chi connectivity index (χ1n) is 10.1. The lowest BCUT2D eigenvalue weighted by Crippen LogP contribution is -2.42. The molecule has 6 nitrogen and oxygen atoms in total. The lowest BCUT2D eigenvalue weighted by Gasteiger charge is -2.29. The van der Waals surface area contributed by atoms with Crippen molar-refractivity contribution in [2.24, 2.45) is 10.9 Å². The minimum absolute atomic E-state index is 0. The predicted octanol–water partition coefficient (Wildman–Crippen LogP) is 3.02. The molecule has 1 fully saturated rings. The van der Waals surface area contributed by atoms with Crippen molar-refractivity contribution < 1.29 is 9.84 Å². The molecule has 2 rings (SSSR count). The van der Waals surface area contributed by atoms with Crippen LogP contribution in [0.3, 0.4) is 0 Å². The van der Waals surface area contributed by atoms with Crippen LogP contribution < -0.4 is 15.4 Å². The Morgan fingerprint density at radius 3 is 2.43 bits per heavy atom. The van der Waals surface area contributed by atoms with Crippen LogP contribution in [0.15, 0.2) is 29.3 Å². The quantitative estimate of drug-likeness (QED) is 0.289. The molecule has 160 valence electrons. The van der Waals surface area contributed by atoms with Crippen LogP contribution in [-0.2, 0) is 0 Å². The highest BCUT2D eigenvalue weighted by Gasteiger charge is 2.17. The molecule has 0 bridgehead atoms. The van der Waals surface area contributed by atoms with E-state index in [0.29, 0.717) is 12.5 Å². The van der Waals surface area contributed by atoms with Crippen LogP contribution >= 0.6 is 24.0 Å². The van der Waals surface area contributed by atoms with Gasteiger partial charge in [0, 0.05) is 13.1 Å². The molecule has 0 spiro atoms. The molecule has 1 heterocycles. The van der Waals surface area contributed by atoms with E-state index in [1.165, 1.54) is 12.8 Å². The van der Waals surface area contributed by atoms with Gasteiger partial charge in [-0.3, -0.25) is 4.99 Å². The summed E-state index contributed by atoms with van der Waals surface area (Å²) in [7, 11) is 2.18. The van der Waals surface area contributed by atoms with Crippen molar-refractivity contribution in [2.45, 2.75) is 45.8 Å². The standard InChI is InChI=1S/C21H36N4O2.HI/c1-5-22-21(23-14-17-10-12-25(4)13-11-17)24-15-20(26)18-6-8-19(9-7-18)27-16(2)3;/h6-9,16-17,20,26H,5,10-15H2,1-4H3,(H2,22,23,24);1H. The van der Waals surface area contributed by atoms with Gasteiger partial charge in [0.2, 0.25) is 0 Å². The zero-order valence-corrected chi connectivity index (χ0v) is 20.0. The molecule has 28 heavy (non-hydrogen) atoms. The fourth-order valence-electron chi connectivity index (χ4n) is 3.17. The van der Waals surface area contributed by atoms with Crippen LogP contribution in [-0.4, -0.2) is 61.8 Å². The lowest BCUT2D eigenvalue weighted by atomic mass is 9.97. The second kappa shape index (κ2) is 13.2. The molecule has 1 aliphatic rings. The maximum absolute atomic E-state index is 10.4. The molecular formula is C21H37IN4O2. The lowest BCUT2D eigenvalue weighted by molar-refractivity contribution is 0.186. The number of aliphatic imine (C=N–C) groups is 1. The normalized spacial score (nSPS) is 17.1. The van der Waals surface area contributed by atoms with E-state index in [1.807, 2.05) is 38.1 Å². The largest absolute Gasteiger partial charge is 0.491 e. The van der Waals surface area contributed by atoms with Crippen molar-refractivity contribution in [3.05, 3.63) is 29.8 Å². The Kier molecular flexibility index (Phi) is 11.8. The summed E-state index contributed by atoms with van der Waals surface area (Å²) in [6.07, 6.45) is 1.95. The molecule has 1 aromatic rings. The molecule has 0 amide bonds. The van der Waals surface area contributed by atoms with E-state index in [4.69, 9.17) is 4.74 Å². The van der Waals surface area contributed by atoms with E-state index >= 15 is 0 Å². The van der Waals surface area contributed by atoms with Gasteiger partial charge in [0.15, 0.2) is 5.96 Å². The fraction of sp³-hybridized carbons (Fsp3) is 0.667. The summed E-state index contributed by atoms with van der Waals surface area (Å²) >= 11 is 0. The van der Waals surface area contributed by atoms with Gasteiger partial charge in [-0.05, 0) is 77.4 Å². The van der Waals surface area contributed by atoms with Gasteiger partial charge in [0.1, 0.15) is 5.75 Å². The summed E-state index contributed by atoms with van der Waals surface area (Å²) in [6, 6.07) is 7.59. The summed E-state index contributed by atoms with van der Waals surface area (Å²) < 4.78 is 5.64. The first-order chi connectivity index (χ1) is 13.0. The SMILES string of the molecule is CCNC(=NCC(O)c1ccc(OC(C)C)cc1)NCC1CCN(C)CC1.I. The molecule has 3 N–H and O–H groups in total. The van der Waals surface area contributed by atoms with Crippen LogP contribution in [0.25, 0.3) is 0 Å². The molecule has 1 aliphatic heterocycles. The molecule has 1 aromatic carbocycles. The van der Waals surface area contributed by atoms with Gasteiger partial charge in [0.25, 0.3) is 0 Å². The molecule has 0 saturated carbocycles. The van der Waals surface area contributed by atoms with E-state index in [0.717, 1.165) is 43.5 Å². The third-order valence-corrected chi connectivity index (χ3v) is 4.80. The Bertz CT molecular complexity index is 572. The van der Waals surface area contributed by atoms with Crippen LogP contribution in [0, 0.1) is 5.92 Å². The predicted molar refractivity (Wildman–Crippen MR) is 127 cm³/mol. The summed E-state index contributed by atoms with van der Waals surface area (Å²) in [6.45, 7) is 10.4. The zero-order valence-electron chi connectivity index (χ0n) is 17.6. The highest BCUT2D eigenvalue weighted by molar-refractivity contribution is 14.0. The number of hydrogen-bond donors (Lipinski definition) is 3. The topological polar surface area (TPSA) is 69.1 Å². The van der Waals surface area contributed by atoms with E-state index in [2.05, 4.69) is 34.5 Å². The number of aliphatic hydroxyl groups excluding tert-OH is 1. The van der Waals surface area contributed by atoms with E-state index in [1.54, 1.807) is 0 Å².